The van der Waals surface area contributed by atoms with Crippen LogP contribution in [-0.4, -0.2) is 28.6 Å². The maximum atomic E-state index is 12.2. The lowest BCUT2D eigenvalue weighted by Crippen LogP contribution is -2.66. The van der Waals surface area contributed by atoms with Gasteiger partial charge in [-0.15, -0.1) is 6.58 Å². The second kappa shape index (κ2) is 10.0. The van der Waals surface area contributed by atoms with Crippen LogP contribution in [0.3, 0.4) is 0 Å². The lowest BCUT2D eigenvalue weighted by Gasteiger charge is -2.43. The quantitative estimate of drug-likeness (QED) is 0.446. The van der Waals surface area contributed by atoms with Crippen molar-refractivity contribution in [2.75, 3.05) is 6.61 Å². The molecule has 0 saturated carbocycles. The standard InChI is InChI=1S/C24H35NO3SSi/c1-6-13-20(2)23(29(25,26)27)18-19-28-30(24(3,4)5,21-14-9-7-10-15-21)22-16-11-8-12-17-22/h6-12,14-17,20,23H,1,13,18-19H2,2-5H3,(H2,25,26,27)/t20-,23+/m0/s1. The van der Waals surface area contributed by atoms with Gasteiger partial charge in [0.2, 0.25) is 10.0 Å². The van der Waals surface area contributed by atoms with Gasteiger partial charge in [-0.1, -0.05) is 94.4 Å². The minimum Gasteiger partial charge on any atom is -0.407 e. The van der Waals surface area contributed by atoms with E-state index >= 15 is 0 Å². The third-order valence-corrected chi connectivity index (χ3v) is 12.3. The maximum Gasteiger partial charge on any atom is 0.261 e. The lowest BCUT2D eigenvalue weighted by molar-refractivity contribution is 0.279. The van der Waals surface area contributed by atoms with Crippen LogP contribution < -0.4 is 15.5 Å². The molecule has 2 rings (SSSR count). The van der Waals surface area contributed by atoms with E-state index in [-0.39, 0.29) is 11.0 Å². The van der Waals surface area contributed by atoms with E-state index in [2.05, 4.69) is 51.6 Å². The molecule has 2 N–H and O–H groups in total. The Morgan fingerprint density at radius 1 is 1.03 bits per heavy atom. The summed E-state index contributed by atoms with van der Waals surface area (Å²) in [5.74, 6) is -0.111. The molecule has 30 heavy (non-hydrogen) atoms. The molecule has 0 aliphatic rings. The zero-order valence-electron chi connectivity index (χ0n) is 18.5. The van der Waals surface area contributed by atoms with Crippen molar-refractivity contribution in [3.8, 4) is 0 Å². The van der Waals surface area contributed by atoms with Crippen molar-refractivity contribution in [2.45, 2.75) is 50.8 Å². The molecule has 2 aromatic carbocycles. The van der Waals surface area contributed by atoms with E-state index in [1.54, 1.807) is 6.08 Å². The maximum absolute atomic E-state index is 12.2. The van der Waals surface area contributed by atoms with Crippen LogP contribution in [0, 0.1) is 5.92 Å². The van der Waals surface area contributed by atoms with Crippen LogP contribution >= 0.6 is 0 Å². The van der Waals surface area contributed by atoms with Crippen LogP contribution in [0.4, 0.5) is 0 Å². The van der Waals surface area contributed by atoms with Crippen molar-refractivity contribution in [1.82, 2.24) is 0 Å². The van der Waals surface area contributed by atoms with Gasteiger partial charge in [-0.25, -0.2) is 13.6 Å². The molecular formula is C24H35NO3SSi. The smallest absolute Gasteiger partial charge is 0.261 e. The summed E-state index contributed by atoms with van der Waals surface area (Å²) in [6, 6.07) is 20.7. The highest BCUT2D eigenvalue weighted by Gasteiger charge is 2.50. The van der Waals surface area contributed by atoms with Crippen LogP contribution in [0.5, 0.6) is 0 Å². The number of allylic oxidation sites excluding steroid dienone is 1. The molecule has 0 bridgehead atoms. The number of hydrogen-bond donors (Lipinski definition) is 1. The third-order valence-electron chi connectivity index (χ3n) is 5.73. The van der Waals surface area contributed by atoms with Crippen LogP contribution in [0.2, 0.25) is 5.04 Å². The van der Waals surface area contributed by atoms with E-state index in [0.717, 1.165) is 0 Å². The van der Waals surface area contributed by atoms with Crippen LogP contribution in [0.25, 0.3) is 0 Å². The topological polar surface area (TPSA) is 69.4 Å². The van der Waals surface area contributed by atoms with Crippen molar-refractivity contribution in [1.29, 1.82) is 0 Å². The van der Waals surface area contributed by atoms with Gasteiger partial charge >= 0.3 is 0 Å². The molecule has 164 valence electrons. The van der Waals surface area contributed by atoms with Crippen molar-refractivity contribution < 1.29 is 12.8 Å². The van der Waals surface area contributed by atoms with Crippen LogP contribution in [0.15, 0.2) is 73.3 Å². The first-order valence-corrected chi connectivity index (χ1v) is 13.9. The SMILES string of the molecule is C=CC[C@H](C)[C@@H](CCO[Si](c1ccccc1)(c1ccccc1)C(C)(C)C)S(N)(=O)=O. The molecule has 0 aliphatic carbocycles. The summed E-state index contributed by atoms with van der Waals surface area (Å²) in [5, 5.41) is 7.10. The Morgan fingerprint density at radius 2 is 1.50 bits per heavy atom. The predicted octanol–water partition coefficient (Wildman–Crippen LogP) is 3.82. The molecule has 0 heterocycles. The van der Waals surface area contributed by atoms with Gasteiger partial charge in [0.1, 0.15) is 0 Å². The van der Waals surface area contributed by atoms with E-state index in [4.69, 9.17) is 9.56 Å². The van der Waals surface area contributed by atoms with Gasteiger partial charge in [0.05, 0.1) is 5.25 Å². The summed E-state index contributed by atoms with van der Waals surface area (Å²) >= 11 is 0. The fourth-order valence-corrected chi connectivity index (χ4v) is 10.0. The summed E-state index contributed by atoms with van der Waals surface area (Å²) in [7, 11) is -6.37. The van der Waals surface area contributed by atoms with E-state index in [9.17, 15) is 8.42 Å². The largest absolute Gasteiger partial charge is 0.407 e. The average molecular weight is 446 g/mol. The minimum atomic E-state index is -3.68. The second-order valence-corrected chi connectivity index (χ2v) is 15.0. The van der Waals surface area contributed by atoms with Crippen molar-refractivity contribution in [2.24, 2.45) is 11.1 Å². The Hall–Kier alpha value is -1.73. The second-order valence-electron chi connectivity index (χ2n) is 8.93. The summed E-state index contributed by atoms with van der Waals surface area (Å²) < 4.78 is 31.3. The van der Waals surface area contributed by atoms with Crippen LogP contribution in [0.1, 0.15) is 40.5 Å². The Balaban J connectivity index is 2.45. The highest BCUT2D eigenvalue weighted by Crippen LogP contribution is 2.37. The number of nitrogens with two attached hydrogens (primary N) is 1. The van der Waals surface area contributed by atoms with E-state index < -0.39 is 23.6 Å². The Labute approximate surface area is 183 Å². The zero-order valence-corrected chi connectivity index (χ0v) is 20.4. The molecule has 0 radical (unpaired) electrons. The lowest BCUT2D eigenvalue weighted by atomic mass is 10.0. The third kappa shape index (κ3) is 5.49. The van der Waals surface area contributed by atoms with Gasteiger partial charge in [0.15, 0.2) is 0 Å². The van der Waals surface area contributed by atoms with E-state index in [0.29, 0.717) is 19.4 Å². The highest BCUT2D eigenvalue weighted by atomic mass is 32.2. The Bertz CT molecular complexity index is 869. The summed E-state index contributed by atoms with van der Waals surface area (Å²) in [4.78, 5) is 0. The minimum absolute atomic E-state index is 0.111. The predicted molar refractivity (Wildman–Crippen MR) is 129 cm³/mol. The fraction of sp³-hybridized carbons (Fsp3) is 0.417. The summed E-state index contributed by atoms with van der Waals surface area (Å²) in [6.07, 6.45) is 2.70. The van der Waals surface area contributed by atoms with Crippen LogP contribution in [-0.2, 0) is 14.4 Å². The number of primary sulfonamides is 1. The first-order chi connectivity index (χ1) is 14.0. The van der Waals surface area contributed by atoms with Gasteiger partial charge in [-0.2, -0.15) is 0 Å². The van der Waals surface area contributed by atoms with Gasteiger partial charge < -0.3 is 4.43 Å². The molecule has 2 aromatic rings. The number of hydrogen-bond acceptors (Lipinski definition) is 3. The normalized spacial score (nSPS) is 14.8. The molecule has 0 amide bonds. The zero-order chi connectivity index (χ0) is 22.4. The first kappa shape index (κ1) is 24.5. The summed E-state index contributed by atoms with van der Waals surface area (Å²) in [6.45, 7) is 12.6. The van der Waals surface area contributed by atoms with Gasteiger partial charge in [-0.3, -0.25) is 0 Å². The average Bonchev–Trinajstić information content (AvgIpc) is 2.67. The molecule has 6 heteroatoms. The van der Waals surface area contributed by atoms with Gasteiger partial charge in [-0.05, 0) is 34.2 Å². The molecular weight excluding hydrogens is 410 g/mol. The molecule has 2 atom stereocenters. The highest BCUT2D eigenvalue weighted by molar-refractivity contribution is 7.89. The van der Waals surface area contributed by atoms with E-state index in [1.807, 2.05) is 43.3 Å². The number of rotatable bonds is 10. The summed E-state index contributed by atoms with van der Waals surface area (Å²) in [5.41, 5.74) is 0. The Kier molecular flexibility index (Phi) is 8.22. The van der Waals surface area contributed by atoms with Crippen molar-refractivity contribution in [3.63, 3.8) is 0 Å². The van der Waals surface area contributed by atoms with Crippen molar-refractivity contribution >= 4 is 28.7 Å². The first-order valence-electron chi connectivity index (χ1n) is 10.4. The van der Waals surface area contributed by atoms with Crippen molar-refractivity contribution in [3.05, 3.63) is 73.3 Å². The van der Waals surface area contributed by atoms with Gasteiger partial charge in [0.25, 0.3) is 8.32 Å². The molecule has 0 aromatic heterocycles. The monoisotopic (exact) mass is 445 g/mol. The Morgan fingerprint density at radius 3 is 1.87 bits per heavy atom. The fourth-order valence-electron chi connectivity index (χ4n) is 4.28. The molecule has 0 aliphatic heterocycles. The molecule has 4 nitrogen and oxygen atoms in total. The number of sulfonamides is 1. The van der Waals surface area contributed by atoms with Gasteiger partial charge in [0, 0.05) is 6.61 Å². The molecule has 0 fully saturated rings. The molecule has 0 saturated heterocycles. The molecule has 0 unspecified atom stereocenters. The molecule has 0 spiro atoms. The van der Waals surface area contributed by atoms with E-state index in [1.165, 1.54) is 10.4 Å². The number of benzene rings is 2.